The summed E-state index contributed by atoms with van der Waals surface area (Å²) in [7, 11) is 0. The molecule has 2 aromatic rings. The van der Waals surface area contributed by atoms with E-state index >= 15 is 0 Å². The minimum atomic E-state index is 0.0105. The minimum Gasteiger partial charge on any atom is -0.478 e. The molecule has 0 amide bonds. The fraction of sp³-hybridized carbons (Fsp3) is 0.125. The number of anilines is 1. The van der Waals surface area contributed by atoms with E-state index in [4.69, 9.17) is 26.9 Å². The molecule has 21 heavy (non-hydrogen) atoms. The molecule has 1 N–H and O–H groups in total. The van der Waals surface area contributed by atoms with Crippen LogP contribution in [0.15, 0.2) is 42.5 Å². The average molecular weight is 298 g/mol. The lowest BCUT2D eigenvalue weighted by atomic mass is 10.1. The topological polar surface area (TPSA) is 68.8 Å². The molecule has 0 fully saturated rings. The molecule has 0 atom stereocenters. The number of hydrogen-bond acceptors (Lipinski definition) is 4. The van der Waals surface area contributed by atoms with Crippen LogP contribution < -0.4 is 10.1 Å². The molecular weight excluding hydrogens is 286 g/mol. The zero-order chi connectivity index (χ0) is 15.1. The fourth-order valence-electron chi connectivity index (χ4n) is 1.82. The SMILES string of the molecule is N#CCOc1ccccc1CNc1ccc(Cl)c(C#N)c1. The molecule has 0 unspecified atom stereocenters. The number of rotatable bonds is 5. The lowest BCUT2D eigenvalue weighted by Crippen LogP contribution is -2.03. The summed E-state index contributed by atoms with van der Waals surface area (Å²) in [6, 6.07) is 16.7. The molecule has 0 aliphatic rings. The number of hydrogen-bond donors (Lipinski definition) is 1. The van der Waals surface area contributed by atoms with Gasteiger partial charge in [-0.05, 0) is 24.3 Å². The van der Waals surface area contributed by atoms with Gasteiger partial charge in [0, 0.05) is 17.8 Å². The van der Waals surface area contributed by atoms with E-state index in [0.29, 0.717) is 22.9 Å². The Morgan fingerprint density at radius 3 is 2.71 bits per heavy atom. The number of nitriles is 2. The Morgan fingerprint density at radius 2 is 1.95 bits per heavy atom. The van der Waals surface area contributed by atoms with E-state index in [2.05, 4.69) is 5.32 Å². The number of benzene rings is 2. The first kappa shape index (κ1) is 14.7. The van der Waals surface area contributed by atoms with Crippen LogP contribution in [-0.4, -0.2) is 6.61 Å². The maximum atomic E-state index is 8.96. The number of nitrogens with one attached hydrogen (secondary N) is 1. The molecule has 0 bridgehead atoms. The number of para-hydroxylation sites is 1. The highest BCUT2D eigenvalue weighted by atomic mass is 35.5. The molecule has 0 radical (unpaired) electrons. The third-order valence-electron chi connectivity index (χ3n) is 2.83. The van der Waals surface area contributed by atoms with Gasteiger partial charge in [-0.2, -0.15) is 10.5 Å². The number of halogens is 1. The zero-order valence-corrected chi connectivity index (χ0v) is 11.9. The number of nitrogens with zero attached hydrogens (tertiary/aromatic N) is 2. The van der Waals surface area contributed by atoms with Crippen molar-refractivity contribution in [3.63, 3.8) is 0 Å². The van der Waals surface area contributed by atoms with Gasteiger partial charge in [0.05, 0.1) is 10.6 Å². The first-order valence-corrected chi connectivity index (χ1v) is 6.63. The summed E-state index contributed by atoms with van der Waals surface area (Å²) in [6.45, 7) is 0.532. The molecule has 0 aromatic heterocycles. The van der Waals surface area contributed by atoms with Crippen LogP contribution in [-0.2, 0) is 6.54 Å². The van der Waals surface area contributed by atoms with Gasteiger partial charge in [-0.15, -0.1) is 0 Å². The monoisotopic (exact) mass is 297 g/mol. The molecular formula is C16H12ClN3O. The fourth-order valence-corrected chi connectivity index (χ4v) is 1.98. The van der Waals surface area contributed by atoms with Crippen LogP contribution in [0.1, 0.15) is 11.1 Å². The van der Waals surface area contributed by atoms with E-state index < -0.39 is 0 Å². The normalized spacial score (nSPS) is 9.48. The van der Waals surface area contributed by atoms with Crippen LogP contribution in [0.4, 0.5) is 5.69 Å². The van der Waals surface area contributed by atoms with Gasteiger partial charge in [0.25, 0.3) is 0 Å². The Kier molecular flexibility index (Phi) is 5.04. The summed E-state index contributed by atoms with van der Waals surface area (Å²) in [6.07, 6.45) is 0. The van der Waals surface area contributed by atoms with Gasteiger partial charge in [-0.3, -0.25) is 0 Å². The third kappa shape index (κ3) is 3.89. The van der Waals surface area contributed by atoms with Gasteiger partial charge in [-0.1, -0.05) is 29.8 Å². The second-order valence-electron chi connectivity index (χ2n) is 4.21. The summed E-state index contributed by atoms with van der Waals surface area (Å²) < 4.78 is 5.36. The molecule has 2 aromatic carbocycles. The molecule has 5 heteroatoms. The summed E-state index contributed by atoms with van der Waals surface area (Å²) in [5.74, 6) is 0.668. The van der Waals surface area contributed by atoms with Gasteiger partial charge in [-0.25, -0.2) is 0 Å². The number of ether oxygens (including phenoxy) is 1. The Hall–Kier alpha value is -2.69. The van der Waals surface area contributed by atoms with Crippen molar-refractivity contribution in [1.82, 2.24) is 0 Å². The maximum Gasteiger partial charge on any atom is 0.174 e. The van der Waals surface area contributed by atoms with Gasteiger partial charge in [0.2, 0.25) is 0 Å². The van der Waals surface area contributed by atoms with Crippen LogP contribution >= 0.6 is 11.6 Å². The van der Waals surface area contributed by atoms with Crippen LogP contribution in [0.3, 0.4) is 0 Å². The van der Waals surface area contributed by atoms with Crippen molar-refractivity contribution in [2.45, 2.75) is 6.54 Å². The van der Waals surface area contributed by atoms with Crippen molar-refractivity contribution in [1.29, 1.82) is 10.5 Å². The largest absolute Gasteiger partial charge is 0.478 e. The van der Waals surface area contributed by atoms with Crippen LogP contribution in [0.25, 0.3) is 0 Å². The predicted octanol–water partition coefficient (Wildman–Crippen LogP) is 3.73. The van der Waals surface area contributed by atoms with Crippen LogP contribution in [0, 0.1) is 22.7 Å². The smallest absolute Gasteiger partial charge is 0.174 e. The zero-order valence-electron chi connectivity index (χ0n) is 11.1. The van der Waals surface area contributed by atoms with E-state index in [1.54, 1.807) is 12.1 Å². The minimum absolute atomic E-state index is 0.0105. The third-order valence-corrected chi connectivity index (χ3v) is 3.16. The first-order valence-electron chi connectivity index (χ1n) is 6.26. The highest BCUT2D eigenvalue weighted by Crippen LogP contribution is 2.22. The molecule has 104 valence electrons. The molecule has 0 aliphatic heterocycles. The van der Waals surface area contributed by atoms with Gasteiger partial charge in [0.1, 0.15) is 17.9 Å². The quantitative estimate of drug-likeness (QED) is 0.913. The summed E-state index contributed by atoms with van der Waals surface area (Å²) in [5, 5.41) is 21.2. The van der Waals surface area contributed by atoms with Crippen molar-refractivity contribution in [2.75, 3.05) is 11.9 Å². The summed E-state index contributed by atoms with van der Waals surface area (Å²) >= 11 is 5.90. The molecule has 0 spiro atoms. The van der Waals surface area contributed by atoms with E-state index in [9.17, 15) is 0 Å². The molecule has 0 aliphatic carbocycles. The van der Waals surface area contributed by atoms with Crippen LogP contribution in [0.5, 0.6) is 5.75 Å². The van der Waals surface area contributed by atoms with Gasteiger partial charge < -0.3 is 10.1 Å². The maximum absolute atomic E-state index is 8.96. The Balaban J connectivity index is 2.10. The van der Waals surface area contributed by atoms with Crippen molar-refractivity contribution >= 4 is 17.3 Å². The Bertz CT molecular complexity index is 716. The van der Waals surface area contributed by atoms with E-state index in [0.717, 1.165) is 11.3 Å². The molecule has 0 heterocycles. The van der Waals surface area contributed by atoms with Gasteiger partial charge >= 0.3 is 0 Å². The molecule has 2 rings (SSSR count). The van der Waals surface area contributed by atoms with Crippen molar-refractivity contribution in [3.05, 3.63) is 58.6 Å². The van der Waals surface area contributed by atoms with Crippen LogP contribution in [0.2, 0.25) is 5.02 Å². The van der Waals surface area contributed by atoms with E-state index in [1.807, 2.05) is 42.5 Å². The van der Waals surface area contributed by atoms with Crippen molar-refractivity contribution in [2.24, 2.45) is 0 Å². The summed E-state index contributed by atoms with van der Waals surface area (Å²) in [5.41, 5.74) is 2.16. The summed E-state index contributed by atoms with van der Waals surface area (Å²) in [4.78, 5) is 0. The van der Waals surface area contributed by atoms with E-state index in [-0.39, 0.29) is 6.61 Å². The standard InChI is InChI=1S/C16H12ClN3O/c17-15-6-5-14(9-13(15)10-19)20-11-12-3-1-2-4-16(12)21-8-7-18/h1-6,9,20H,8,11H2. The second-order valence-corrected chi connectivity index (χ2v) is 4.62. The predicted molar refractivity (Wildman–Crippen MR) is 81.0 cm³/mol. The lowest BCUT2D eigenvalue weighted by Gasteiger charge is -2.11. The Labute approximate surface area is 128 Å². The highest BCUT2D eigenvalue weighted by Gasteiger charge is 2.04. The molecule has 0 saturated carbocycles. The Morgan fingerprint density at radius 1 is 1.14 bits per heavy atom. The van der Waals surface area contributed by atoms with Gasteiger partial charge in [0.15, 0.2) is 6.61 Å². The second kappa shape index (κ2) is 7.19. The van der Waals surface area contributed by atoms with Crippen molar-refractivity contribution < 1.29 is 4.74 Å². The highest BCUT2D eigenvalue weighted by molar-refractivity contribution is 6.31. The van der Waals surface area contributed by atoms with E-state index in [1.165, 1.54) is 0 Å². The van der Waals surface area contributed by atoms with Crippen molar-refractivity contribution in [3.8, 4) is 17.9 Å². The first-order chi connectivity index (χ1) is 10.2. The molecule has 4 nitrogen and oxygen atoms in total. The lowest BCUT2D eigenvalue weighted by molar-refractivity contribution is 0.364. The molecule has 0 saturated heterocycles. The average Bonchev–Trinajstić information content (AvgIpc) is 2.53.